The van der Waals surface area contributed by atoms with Crippen molar-refractivity contribution in [2.45, 2.75) is 71.0 Å². The van der Waals surface area contributed by atoms with E-state index < -0.39 is 62.0 Å². The molecule has 0 bridgehead atoms. The molecule has 0 aliphatic rings. The van der Waals surface area contributed by atoms with E-state index in [0.29, 0.717) is 24.9 Å². The van der Waals surface area contributed by atoms with Crippen LogP contribution >= 0.6 is 7.82 Å². The number of rotatable bonds is 22. The predicted molar refractivity (Wildman–Crippen MR) is 177 cm³/mol. The highest BCUT2D eigenvalue weighted by Gasteiger charge is 2.31. The molecule has 0 aliphatic heterocycles. The van der Waals surface area contributed by atoms with Gasteiger partial charge in [-0.2, -0.15) is 0 Å². The number of hydrogen-bond acceptors (Lipinski definition) is 8. The molecule has 48 heavy (non-hydrogen) atoms. The molecule has 0 spiro atoms. The Labute approximate surface area is 280 Å². The number of primary amides is 1. The zero-order chi connectivity index (χ0) is 36.4. The lowest BCUT2D eigenvalue weighted by atomic mass is 10.0. The minimum absolute atomic E-state index is 0.0214. The maximum absolute atomic E-state index is 13.3. The summed E-state index contributed by atoms with van der Waals surface area (Å²) in [6.07, 6.45) is 3.38. The Balaban J connectivity index is 3.13. The molecule has 6 amide bonds. The summed E-state index contributed by atoms with van der Waals surface area (Å²) in [7, 11) is -4.79. The van der Waals surface area contributed by atoms with E-state index in [9.17, 15) is 33.3 Å². The number of benzene rings is 1. The van der Waals surface area contributed by atoms with Crippen LogP contribution in [0.3, 0.4) is 0 Å². The van der Waals surface area contributed by atoms with Gasteiger partial charge in [0, 0.05) is 32.9 Å². The number of nitrogens with zero attached hydrogens (tertiary/aromatic N) is 1. The topological polar surface area (TPSA) is 247 Å². The molecular weight excluding hydrogens is 647 g/mol. The van der Waals surface area contributed by atoms with Gasteiger partial charge in [-0.15, -0.1) is 13.2 Å². The molecule has 16 nitrogen and oxygen atoms in total. The standard InChI is InChI=1S/C31H47N6O10P/c1-6-8-15-33-31(43)26(17-20(3)4)37(16-7-2)28(40)19-34-29(41)24(13-14-27(32)39)36-30(42)25(35-21(5)38)18-22-9-11-23(12-10-22)47-48(44,45)46/h6-7,9-12,20,24-26H,1-2,8,13-19H2,3-5H3,(H2,32,39)(H,33,43)(H,34,41)(H,35,38)(H,36,42)(H2,44,45,46)/t24-,25-,26-/m0/s1. The van der Waals surface area contributed by atoms with Crippen LogP contribution in [-0.4, -0.2) is 87.9 Å². The van der Waals surface area contributed by atoms with Crippen molar-refractivity contribution in [1.29, 1.82) is 0 Å². The third kappa shape index (κ3) is 16.3. The van der Waals surface area contributed by atoms with Gasteiger partial charge in [0.1, 0.15) is 23.9 Å². The summed E-state index contributed by atoms with van der Waals surface area (Å²) in [6.45, 7) is 12.1. The minimum Gasteiger partial charge on any atom is -0.404 e. The van der Waals surface area contributed by atoms with E-state index in [-0.39, 0.29) is 43.4 Å². The van der Waals surface area contributed by atoms with E-state index in [1.807, 2.05) is 13.8 Å². The fraction of sp³-hybridized carbons (Fsp3) is 0.484. The van der Waals surface area contributed by atoms with E-state index in [2.05, 4.69) is 38.9 Å². The molecule has 0 heterocycles. The van der Waals surface area contributed by atoms with Crippen LogP contribution in [0.2, 0.25) is 0 Å². The first kappa shape index (κ1) is 41.5. The SMILES string of the molecule is C=CCCNC(=O)[C@H](CC(C)C)N(CC=C)C(=O)CNC(=O)[C@H](CCC(N)=O)NC(=O)[C@H](Cc1ccc(OP(=O)(O)O)cc1)NC(C)=O. The number of hydrogen-bond donors (Lipinski definition) is 7. The maximum Gasteiger partial charge on any atom is 0.524 e. The van der Waals surface area contributed by atoms with Crippen molar-refractivity contribution >= 4 is 43.3 Å². The van der Waals surface area contributed by atoms with E-state index in [4.69, 9.17) is 15.5 Å². The Morgan fingerprint density at radius 2 is 1.60 bits per heavy atom. The molecule has 0 radical (unpaired) electrons. The van der Waals surface area contributed by atoms with Crippen molar-refractivity contribution in [3.05, 3.63) is 55.1 Å². The molecule has 8 N–H and O–H groups in total. The van der Waals surface area contributed by atoms with Crippen LogP contribution in [0.25, 0.3) is 0 Å². The quantitative estimate of drug-likeness (QED) is 0.0493. The Bertz CT molecular complexity index is 1350. The van der Waals surface area contributed by atoms with Crippen molar-refractivity contribution in [2.24, 2.45) is 11.7 Å². The molecule has 3 atom stereocenters. The molecule has 266 valence electrons. The van der Waals surface area contributed by atoms with Crippen molar-refractivity contribution in [3.63, 3.8) is 0 Å². The molecule has 0 aliphatic carbocycles. The first-order valence-corrected chi connectivity index (χ1v) is 16.8. The highest BCUT2D eigenvalue weighted by molar-refractivity contribution is 7.46. The summed E-state index contributed by atoms with van der Waals surface area (Å²) in [5.74, 6) is -3.95. The zero-order valence-corrected chi connectivity index (χ0v) is 28.4. The normalized spacial score (nSPS) is 12.9. The van der Waals surface area contributed by atoms with Gasteiger partial charge in [0.05, 0.1) is 6.54 Å². The van der Waals surface area contributed by atoms with Crippen LogP contribution in [0.4, 0.5) is 0 Å². The lowest BCUT2D eigenvalue weighted by Crippen LogP contribution is -2.56. The van der Waals surface area contributed by atoms with Crippen molar-refractivity contribution in [2.75, 3.05) is 19.6 Å². The number of nitrogens with one attached hydrogen (secondary N) is 4. The highest BCUT2D eigenvalue weighted by atomic mass is 31.2. The summed E-state index contributed by atoms with van der Waals surface area (Å²) >= 11 is 0. The van der Waals surface area contributed by atoms with Gasteiger partial charge >= 0.3 is 7.82 Å². The Morgan fingerprint density at radius 1 is 0.958 bits per heavy atom. The van der Waals surface area contributed by atoms with Crippen LogP contribution in [0, 0.1) is 5.92 Å². The summed E-state index contributed by atoms with van der Waals surface area (Å²) in [5, 5.41) is 10.2. The second kappa shape index (κ2) is 20.7. The van der Waals surface area contributed by atoms with Crippen LogP contribution in [0.1, 0.15) is 52.0 Å². The average Bonchev–Trinajstić information content (AvgIpc) is 2.98. The van der Waals surface area contributed by atoms with Gasteiger partial charge in [-0.3, -0.25) is 38.6 Å². The Morgan fingerprint density at radius 3 is 2.12 bits per heavy atom. The Hall–Kier alpha value is -4.53. The van der Waals surface area contributed by atoms with Gasteiger partial charge in [0.25, 0.3) is 0 Å². The van der Waals surface area contributed by atoms with Gasteiger partial charge in [-0.1, -0.05) is 38.1 Å². The second-order valence-electron chi connectivity index (χ2n) is 11.3. The minimum atomic E-state index is -4.79. The van der Waals surface area contributed by atoms with Crippen LogP contribution in [-0.2, 0) is 39.8 Å². The van der Waals surface area contributed by atoms with Gasteiger partial charge < -0.3 is 36.4 Å². The summed E-state index contributed by atoms with van der Waals surface area (Å²) in [6, 6.07) is 2.00. The monoisotopic (exact) mass is 694 g/mol. The van der Waals surface area contributed by atoms with Gasteiger partial charge in [-0.25, -0.2) is 4.57 Å². The Kier molecular flexibility index (Phi) is 17.9. The molecule has 0 fully saturated rings. The number of carbonyl (C=O) groups is 6. The third-order valence-electron chi connectivity index (χ3n) is 6.68. The predicted octanol–water partition coefficient (Wildman–Crippen LogP) is 0.193. The highest BCUT2D eigenvalue weighted by Crippen LogP contribution is 2.37. The molecule has 0 aromatic heterocycles. The van der Waals surface area contributed by atoms with Crippen molar-refractivity contribution < 1.29 is 47.6 Å². The molecule has 17 heteroatoms. The molecule has 1 aromatic carbocycles. The van der Waals surface area contributed by atoms with Crippen LogP contribution < -0.4 is 31.5 Å². The molecule has 0 unspecified atom stereocenters. The number of phosphoric acid groups is 1. The van der Waals surface area contributed by atoms with Crippen molar-refractivity contribution in [3.8, 4) is 5.75 Å². The van der Waals surface area contributed by atoms with Crippen molar-refractivity contribution in [1.82, 2.24) is 26.2 Å². The molecule has 0 saturated heterocycles. The summed E-state index contributed by atoms with van der Waals surface area (Å²) in [4.78, 5) is 95.7. The fourth-order valence-electron chi connectivity index (χ4n) is 4.51. The number of phosphoric ester groups is 1. The lowest BCUT2D eigenvalue weighted by molar-refractivity contribution is -0.141. The summed E-state index contributed by atoms with van der Waals surface area (Å²) < 4.78 is 15.6. The summed E-state index contributed by atoms with van der Waals surface area (Å²) in [5.41, 5.74) is 5.75. The molecular formula is C31H47N6O10P. The van der Waals surface area contributed by atoms with E-state index in [1.54, 1.807) is 6.08 Å². The lowest BCUT2D eigenvalue weighted by Gasteiger charge is -2.31. The molecule has 1 aromatic rings. The zero-order valence-electron chi connectivity index (χ0n) is 27.5. The largest absolute Gasteiger partial charge is 0.524 e. The smallest absolute Gasteiger partial charge is 0.404 e. The number of nitrogens with two attached hydrogens (primary N) is 1. The van der Waals surface area contributed by atoms with Gasteiger partial charge in [0.2, 0.25) is 35.4 Å². The van der Waals surface area contributed by atoms with Crippen LogP contribution in [0.15, 0.2) is 49.6 Å². The van der Waals surface area contributed by atoms with Gasteiger partial charge in [-0.05, 0) is 42.9 Å². The van der Waals surface area contributed by atoms with E-state index >= 15 is 0 Å². The first-order valence-electron chi connectivity index (χ1n) is 15.2. The number of amides is 6. The fourth-order valence-corrected chi connectivity index (χ4v) is 4.91. The first-order chi connectivity index (χ1) is 22.5. The third-order valence-corrected chi connectivity index (χ3v) is 7.12. The number of carbonyl (C=O) groups excluding carboxylic acids is 6. The van der Waals surface area contributed by atoms with E-state index in [1.165, 1.54) is 42.2 Å². The molecule has 0 saturated carbocycles. The molecule has 1 rings (SSSR count). The second-order valence-corrected chi connectivity index (χ2v) is 12.5. The van der Waals surface area contributed by atoms with Gasteiger partial charge in [0.15, 0.2) is 0 Å². The van der Waals surface area contributed by atoms with E-state index in [0.717, 1.165) is 0 Å². The average molecular weight is 695 g/mol. The maximum atomic E-state index is 13.3. The van der Waals surface area contributed by atoms with Crippen LogP contribution in [0.5, 0.6) is 5.75 Å².